The van der Waals surface area contributed by atoms with Crippen molar-refractivity contribution in [3.8, 4) is 5.75 Å². The van der Waals surface area contributed by atoms with Gasteiger partial charge in [-0.05, 0) is 18.2 Å². The van der Waals surface area contributed by atoms with E-state index in [4.69, 9.17) is 10.5 Å². The van der Waals surface area contributed by atoms with Crippen LogP contribution in [-0.4, -0.2) is 26.2 Å². The Morgan fingerprint density at radius 1 is 1.36 bits per heavy atom. The monoisotopic (exact) mass is 258 g/mol. The molecule has 0 aliphatic rings. The predicted molar refractivity (Wildman–Crippen MR) is 61.6 cm³/mol. The van der Waals surface area contributed by atoms with Gasteiger partial charge >= 0.3 is 0 Å². The summed E-state index contributed by atoms with van der Waals surface area (Å²) in [5.74, 6) is 0.883. The maximum absolute atomic E-state index is 5.50. The Balaban J connectivity index is 2.18. The second-order valence-electron chi connectivity index (χ2n) is 2.84. The Labute approximate surface area is 92.8 Å². The van der Waals surface area contributed by atoms with Gasteiger partial charge in [-0.25, -0.2) is 0 Å². The van der Waals surface area contributed by atoms with Crippen LogP contribution in [0.3, 0.4) is 0 Å². The molecule has 0 aliphatic carbocycles. The molecule has 1 rings (SSSR count). The van der Waals surface area contributed by atoms with E-state index >= 15 is 0 Å². The largest absolute Gasteiger partial charge is 0.492 e. The van der Waals surface area contributed by atoms with Crippen molar-refractivity contribution in [1.82, 2.24) is 5.32 Å². The summed E-state index contributed by atoms with van der Waals surface area (Å²) >= 11 is 3.38. The van der Waals surface area contributed by atoms with Gasteiger partial charge in [-0.15, -0.1) is 0 Å². The van der Waals surface area contributed by atoms with Crippen LogP contribution in [0, 0.1) is 0 Å². The van der Waals surface area contributed by atoms with Crippen molar-refractivity contribution in [3.63, 3.8) is 0 Å². The van der Waals surface area contributed by atoms with Gasteiger partial charge in [0.2, 0.25) is 0 Å². The normalized spacial score (nSPS) is 10.1. The summed E-state index contributed by atoms with van der Waals surface area (Å²) in [4.78, 5) is 0. The highest BCUT2D eigenvalue weighted by molar-refractivity contribution is 9.10. The molecule has 4 heteroatoms. The molecule has 0 saturated carbocycles. The predicted octanol–water partition coefficient (Wildman–Crippen LogP) is 1.38. The summed E-state index contributed by atoms with van der Waals surface area (Å²) < 4.78 is 6.53. The zero-order chi connectivity index (χ0) is 10.2. The molecule has 0 aromatic heterocycles. The fourth-order valence-corrected chi connectivity index (χ4v) is 1.40. The second-order valence-corrected chi connectivity index (χ2v) is 3.76. The average Bonchev–Trinajstić information content (AvgIpc) is 2.18. The Hall–Kier alpha value is -0.580. The number of nitrogens with two attached hydrogens (primary N) is 1. The Kier molecular flexibility index (Phi) is 5.59. The Morgan fingerprint density at radius 2 is 2.21 bits per heavy atom. The number of ether oxygens (including phenoxy) is 1. The highest BCUT2D eigenvalue weighted by atomic mass is 79.9. The first-order valence-electron chi connectivity index (χ1n) is 4.62. The third kappa shape index (κ3) is 4.60. The number of hydrogen-bond acceptors (Lipinski definition) is 3. The number of nitrogens with one attached hydrogen (secondary N) is 1. The fraction of sp³-hybridized carbons (Fsp3) is 0.400. The molecule has 0 amide bonds. The summed E-state index contributed by atoms with van der Waals surface area (Å²) in [6.07, 6.45) is 0. The SMILES string of the molecule is NCCNCCOc1cccc(Br)c1. The molecule has 0 fully saturated rings. The van der Waals surface area contributed by atoms with E-state index in [1.807, 2.05) is 24.3 Å². The first-order chi connectivity index (χ1) is 6.83. The lowest BCUT2D eigenvalue weighted by atomic mass is 10.3. The van der Waals surface area contributed by atoms with Crippen LogP contribution in [0.2, 0.25) is 0 Å². The van der Waals surface area contributed by atoms with Crippen LogP contribution in [0.5, 0.6) is 5.75 Å². The maximum atomic E-state index is 5.50. The van der Waals surface area contributed by atoms with Crippen molar-refractivity contribution in [3.05, 3.63) is 28.7 Å². The molecule has 0 unspecified atom stereocenters. The molecule has 3 nitrogen and oxygen atoms in total. The molecule has 0 saturated heterocycles. The fourth-order valence-electron chi connectivity index (χ4n) is 1.02. The highest BCUT2D eigenvalue weighted by Gasteiger charge is 1.93. The van der Waals surface area contributed by atoms with Gasteiger partial charge in [0.05, 0.1) is 0 Å². The van der Waals surface area contributed by atoms with Crippen LogP contribution in [0.4, 0.5) is 0 Å². The van der Waals surface area contributed by atoms with Gasteiger partial charge in [0.1, 0.15) is 12.4 Å². The van der Waals surface area contributed by atoms with Gasteiger partial charge in [0.15, 0.2) is 0 Å². The van der Waals surface area contributed by atoms with Gasteiger partial charge < -0.3 is 15.8 Å². The van der Waals surface area contributed by atoms with Crippen LogP contribution < -0.4 is 15.8 Å². The van der Waals surface area contributed by atoms with Crippen molar-refractivity contribution >= 4 is 15.9 Å². The Morgan fingerprint density at radius 3 is 2.93 bits per heavy atom. The van der Waals surface area contributed by atoms with Gasteiger partial charge in [-0.1, -0.05) is 22.0 Å². The molecule has 0 radical (unpaired) electrons. The number of halogens is 1. The summed E-state index contributed by atoms with van der Waals surface area (Å²) in [6, 6.07) is 7.81. The topological polar surface area (TPSA) is 47.3 Å². The number of rotatable bonds is 6. The van der Waals surface area contributed by atoms with Crippen molar-refractivity contribution in [2.75, 3.05) is 26.2 Å². The molecule has 0 heterocycles. The zero-order valence-corrected chi connectivity index (χ0v) is 9.59. The molecule has 0 spiro atoms. The third-order valence-corrected chi connectivity index (χ3v) is 2.16. The highest BCUT2D eigenvalue weighted by Crippen LogP contribution is 2.17. The van der Waals surface area contributed by atoms with E-state index in [1.165, 1.54) is 0 Å². The van der Waals surface area contributed by atoms with E-state index in [2.05, 4.69) is 21.2 Å². The van der Waals surface area contributed by atoms with Gasteiger partial charge in [-0.3, -0.25) is 0 Å². The summed E-state index contributed by atoms with van der Waals surface area (Å²) in [6.45, 7) is 2.99. The second kappa shape index (κ2) is 6.81. The van der Waals surface area contributed by atoms with Crippen molar-refractivity contribution in [2.24, 2.45) is 5.73 Å². The minimum absolute atomic E-state index is 0.663. The van der Waals surface area contributed by atoms with Crippen LogP contribution in [0.1, 0.15) is 0 Å². The van der Waals surface area contributed by atoms with Crippen molar-refractivity contribution in [1.29, 1.82) is 0 Å². The minimum Gasteiger partial charge on any atom is -0.492 e. The molecule has 3 N–H and O–H groups in total. The van der Waals surface area contributed by atoms with Gasteiger partial charge in [-0.2, -0.15) is 0 Å². The minimum atomic E-state index is 0.663. The molecule has 0 bridgehead atoms. The maximum Gasteiger partial charge on any atom is 0.120 e. The molecule has 1 aromatic rings. The summed E-state index contributed by atoms with van der Waals surface area (Å²) in [5, 5.41) is 3.16. The molecular formula is C10H15BrN2O. The molecule has 0 aliphatic heterocycles. The molecule has 1 aromatic carbocycles. The lowest BCUT2D eigenvalue weighted by Crippen LogP contribution is -2.26. The average molecular weight is 259 g/mol. The Bertz CT molecular complexity index is 268. The number of benzene rings is 1. The number of hydrogen-bond donors (Lipinski definition) is 2. The quantitative estimate of drug-likeness (QED) is 0.759. The van der Waals surface area contributed by atoms with Crippen molar-refractivity contribution < 1.29 is 4.74 Å². The summed E-state index contributed by atoms with van der Waals surface area (Å²) in [7, 11) is 0. The van der Waals surface area contributed by atoms with E-state index in [1.54, 1.807) is 0 Å². The van der Waals surface area contributed by atoms with E-state index < -0.39 is 0 Å². The van der Waals surface area contributed by atoms with E-state index in [9.17, 15) is 0 Å². The van der Waals surface area contributed by atoms with Crippen molar-refractivity contribution in [2.45, 2.75) is 0 Å². The van der Waals surface area contributed by atoms with Crippen LogP contribution in [-0.2, 0) is 0 Å². The van der Waals surface area contributed by atoms with Crippen LogP contribution in [0.15, 0.2) is 28.7 Å². The lowest BCUT2D eigenvalue weighted by Gasteiger charge is -2.06. The van der Waals surface area contributed by atoms with Crippen LogP contribution in [0.25, 0.3) is 0 Å². The molecule has 14 heavy (non-hydrogen) atoms. The molecular weight excluding hydrogens is 244 g/mol. The van der Waals surface area contributed by atoms with E-state index in [0.717, 1.165) is 23.3 Å². The zero-order valence-electron chi connectivity index (χ0n) is 8.00. The van der Waals surface area contributed by atoms with E-state index in [0.29, 0.717) is 13.2 Å². The van der Waals surface area contributed by atoms with Gasteiger partial charge in [0, 0.05) is 24.1 Å². The third-order valence-electron chi connectivity index (χ3n) is 1.66. The first-order valence-corrected chi connectivity index (χ1v) is 5.41. The lowest BCUT2D eigenvalue weighted by molar-refractivity contribution is 0.314. The van der Waals surface area contributed by atoms with E-state index in [-0.39, 0.29) is 0 Å². The molecule has 0 atom stereocenters. The smallest absolute Gasteiger partial charge is 0.120 e. The standard InChI is InChI=1S/C10H15BrN2O/c11-9-2-1-3-10(8-9)14-7-6-13-5-4-12/h1-3,8,13H,4-7,12H2. The molecule has 78 valence electrons. The summed E-state index contributed by atoms with van der Waals surface area (Å²) in [5.41, 5.74) is 5.33. The van der Waals surface area contributed by atoms with Gasteiger partial charge in [0.25, 0.3) is 0 Å². The van der Waals surface area contributed by atoms with Crippen LogP contribution >= 0.6 is 15.9 Å². The first kappa shape index (κ1) is 11.5.